The molecule has 1 aliphatic carbocycles. The molecule has 0 spiro atoms. The van der Waals surface area contributed by atoms with E-state index in [-0.39, 0.29) is 0 Å². The van der Waals surface area contributed by atoms with Crippen molar-refractivity contribution in [2.75, 3.05) is 31.1 Å². The summed E-state index contributed by atoms with van der Waals surface area (Å²) in [7, 11) is -0.579. The third-order valence-electron chi connectivity index (χ3n) is 7.43. The summed E-state index contributed by atoms with van der Waals surface area (Å²) in [5.41, 5.74) is 5.74. The van der Waals surface area contributed by atoms with Crippen molar-refractivity contribution in [3.8, 4) is 11.3 Å². The van der Waals surface area contributed by atoms with Gasteiger partial charge in [0.05, 0.1) is 12.3 Å². The minimum atomic E-state index is -0.918. The Morgan fingerprint density at radius 1 is 1.03 bits per heavy atom. The van der Waals surface area contributed by atoms with Crippen LogP contribution in [0.3, 0.4) is 0 Å². The van der Waals surface area contributed by atoms with E-state index in [1.54, 1.807) is 6.33 Å². The van der Waals surface area contributed by atoms with Crippen LogP contribution in [0.1, 0.15) is 30.0 Å². The molecule has 0 saturated carbocycles. The summed E-state index contributed by atoms with van der Waals surface area (Å²) in [5, 5.41) is 0.982. The quantitative estimate of drug-likeness (QED) is 0.242. The first-order valence-electron chi connectivity index (χ1n) is 12.7. The van der Waals surface area contributed by atoms with Crippen molar-refractivity contribution in [1.82, 2.24) is 14.5 Å². The van der Waals surface area contributed by atoms with Crippen molar-refractivity contribution >= 4 is 21.1 Å². The molecule has 2 heterocycles. The fourth-order valence-corrected chi connectivity index (χ4v) is 6.05. The molecule has 0 fully saturated rings. The molecule has 0 amide bonds. The van der Waals surface area contributed by atoms with Crippen LogP contribution in [-0.4, -0.2) is 51.8 Å². The van der Waals surface area contributed by atoms with E-state index in [9.17, 15) is 0 Å². The molecule has 1 atom stereocenters. The van der Waals surface area contributed by atoms with Gasteiger partial charge in [-0.05, 0) is 66.9 Å². The van der Waals surface area contributed by atoms with Crippen LogP contribution in [0.2, 0.25) is 0 Å². The van der Waals surface area contributed by atoms with Gasteiger partial charge in [-0.1, -0.05) is 49.4 Å². The summed E-state index contributed by atoms with van der Waals surface area (Å²) >= 11 is 0. The number of ether oxygens (including phenoxy) is 1. The van der Waals surface area contributed by atoms with Crippen molar-refractivity contribution < 1.29 is 9.13 Å². The lowest BCUT2D eigenvalue weighted by Gasteiger charge is -2.33. The first-order valence-corrected chi connectivity index (χ1v) is 15.7. The Bertz CT molecular complexity index is 1330. The maximum Gasteiger partial charge on any atom is 0.145 e. The predicted octanol–water partition coefficient (Wildman–Crippen LogP) is 6.55. The van der Waals surface area contributed by atoms with E-state index >= 15 is 4.39 Å². The minimum absolute atomic E-state index is 0.469. The number of alkyl halides is 1. The monoisotopic (exact) mass is 505 g/mol. The largest absolute Gasteiger partial charge is 0.360 e. The van der Waals surface area contributed by atoms with E-state index < -0.39 is 21.6 Å². The number of aromatic nitrogens is 3. The second kappa shape index (κ2) is 9.98. The lowest BCUT2D eigenvalue weighted by atomic mass is 9.72. The highest BCUT2D eigenvalue weighted by Crippen LogP contribution is 2.45. The number of fused-ring (bicyclic) bond motifs is 2. The Morgan fingerprint density at radius 2 is 1.78 bits per heavy atom. The highest BCUT2D eigenvalue weighted by Gasteiger charge is 2.45. The van der Waals surface area contributed by atoms with E-state index in [1.165, 1.54) is 11.1 Å². The molecule has 2 aromatic carbocycles. The number of benzene rings is 2. The van der Waals surface area contributed by atoms with Crippen LogP contribution < -0.4 is 0 Å². The van der Waals surface area contributed by atoms with E-state index in [1.807, 2.05) is 23.8 Å². The molecule has 4 nitrogen and oxygen atoms in total. The molecule has 6 heteroatoms. The zero-order valence-corrected chi connectivity index (χ0v) is 22.5. The molecule has 0 aliphatic heterocycles. The highest BCUT2D eigenvalue weighted by atomic mass is 32.3. The first kappa shape index (κ1) is 25.0. The zero-order valence-electron chi connectivity index (χ0n) is 21.7. The second-order valence-electron chi connectivity index (χ2n) is 10.8. The van der Waals surface area contributed by atoms with Gasteiger partial charge in [0.25, 0.3) is 0 Å². The summed E-state index contributed by atoms with van der Waals surface area (Å²) in [6.45, 7) is 3.16. The van der Waals surface area contributed by atoms with Gasteiger partial charge in [-0.15, -0.1) is 0 Å². The van der Waals surface area contributed by atoms with Crippen LogP contribution >= 0.6 is 10.0 Å². The molecule has 4 aromatic rings. The van der Waals surface area contributed by atoms with Gasteiger partial charge in [0.2, 0.25) is 0 Å². The molecule has 0 radical (unpaired) electrons. The van der Waals surface area contributed by atoms with E-state index in [0.29, 0.717) is 13.2 Å². The molecule has 5 rings (SSSR count). The smallest absolute Gasteiger partial charge is 0.145 e. The predicted molar refractivity (Wildman–Crippen MR) is 150 cm³/mol. The van der Waals surface area contributed by atoms with Crippen LogP contribution in [0.15, 0.2) is 67.1 Å². The van der Waals surface area contributed by atoms with Crippen LogP contribution in [0.5, 0.6) is 0 Å². The fraction of sp³-hybridized carbons (Fsp3) is 0.400. The highest BCUT2D eigenvalue weighted by molar-refractivity contribution is 8.32. The van der Waals surface area contributed by atoms with Crippen molar-refractivity contribution in [3.05, 3.63) is 83.8 Å². The maximum atomic E-state index is 15.7. The average molecular weight is 506 g/mol. The van der Waals surface area contributed by atoms with Crippen molar-refractivity contribution in [1.29, 1.82) is 0 Å². The van der Waals surface area contributed by atoms with Gasteiger partial charge >= 0.3 is 0 Å². The molecule has 2 aromatic heterocycles. The van der Waals surface area contributed by atoms with Gasteiger partial charge in [-0.25, -0.2) is 24.4 Å². The average Bonchev–Trinajstić information content (AvgIpc) is 3.48. The summed E-state index contributed by atoms with van der Waals surface area (Å²) in [5.74, 6) is 1.08. The van der Waals surface area contributed by atoms with Crippen LogP contribution in [0, 0.1) is 0 Å². The van der Waals surface area contributed by atoms with Gasteiger partial charge < -0.3 is 9.30 Å². The molecule has 36 heavy (non-hydrogen) atoms. The Kier molecular flexibility index (Phi) is 6.92. The molecule has 1 aliphatic rings. The third-order valence-corrected chi connectivity index (χ3v) is 8.82. The Hall–Kier alpha value is -2.70. The zero-order chi connectivity index (χ0) is 25.3. The van der Waals surface area contributed by atoms with Gasteiger partial charge in [0.1, 0.15) is 24.9 Å². The number of hydrogen-bond acceptors (Lipinski definition) is 3. The number of nitrogens with zero attached hydrogens (tertiary/aromatic N) is 3. The van der Waals surface area contributed by atoms with Crippen LogP contribution in [-0.2, 0) is 29.7 Å². The van der Waals surface area contributed by atoms with E-state index in [0.717, 1.165) is 53.1 Å². The summed E-state index contributed by atoms with van der Waals surface area (Å²) in [6.07, 6.45) is 11.6. The summed E-state index contributed by atoms with van der Waals surface area (Å²) < 4.78 is 23.7. The maximum absolute atomic E-state index is 15.7. The fourth-order valence-electron chi connectivity index (χ4n) is 5.43. The minimum Gasteiger partial charge on any atom is -0.360 e. The van der Waals surface area contributed by atoms with Crippen LogP contribution in [0.4, 0.5) is 4.39 Å². The van der Waals surface area contributed by atoms with Gasteiger partial charge in [-0.3, -0.25) is 0 Å². The first-order chi connectivity index (χ1) is 17.3. The molecular formula is C30H36FN3OS. The van der Waals surface area contributed by atoms with Gasteiger partial charge in [0, 0.05) is 28.3 Å². The van der Waals surface area contributed by atoms with Gasteiger partial charge in [-0.2, -0.15) is 0 Å². The summed E-state index contributed by atoms with van der Waals surface area (Å²) in [6, 6.07) is 18.8. The number of rotatable bonds is 9. The molecule has 0 saturated heterocycles. The normalized spacial score (nSPS) is 16.2. The SMILES string of the molecule is CCC(F)C1(c2cccc(-c3ncnc4c3ccn4COCCS(C)(C)C)c2)Cc2ccccc2C1. The summed E-state index contributed by atoms with van der Waals surface area (Å²) in [4.78, 5) is 9.21. The molecule has 190 valence electrons. The number of hydrogen-bond donors (Lipinski definition) is 0. The standard InChI is InChI=1S/C30H36FN3OS/c1-5-27(31)30(18-23-9-6-7-10-24(23)19-30)25-12-8-11-22(17-25)28-26-13-14-34(29(26)33-20-32-28)21-35-15-16-36(2,3)4/h6-14,17,20,27H,5,15-16,18-19,21H2,1-4H3. The van der Waals surface area contributed by atoms with Crippen molar-refractivity contribution in [2.45, 2.75) is 44.5 Å². The van der Waals surface area contributed by atoms with Crippen molar-refractivity contribution in [3.63, 3.8) is 0 Å². The number of halogens is 1. The van der Waals surface area contributed by atoms with Gasteiger partial charge in [0.15, 0.2) is 0 Å². The third kappa shape index (κ3) is 4.81. The lowest BCUT2D eigenvalue weighted by Crippen LogP contribution is -2.37. The van der Waals surface area contributed by atoms with E-state index in [2.05, 4.69) is 77.3 Å². The van der Waals surface area contributed by atoms with E-state index in [4.69, 9.17) is 4.74 Å². The lowest BCUT2D eigenvalue weighted by molar-refractivity contribution is 0.0923. The Morgan fingerprint density at radius 3 is 2.47 bits per heavy atom. The second-order valence-corrected chi connectivity index (χ2v) is 15.4. The Labute approximate surface area is 215 Å². The van der Waals surface area contributed by atoms with Crippen LogP contribution in [0.25, 0.3) is 22.3 Å². The molecular weight excluding hydrogens is 469 g/mol. The topological polar surface area (TPSA) is 39.9 Å². The molecule has 1 unspecified atom stereocenters. The Balaban J connectivity index is 1.46. The molecule has 0 N–H and O–H groups in total. The van der Waals surface area contributed by atoms with Crippen molar-refractivity contribution in [2.24, 2.45) is 0 Å². The molecule has 0 bridgehead atoms.